The van der Waals surface area contributed by atoms with Crippen LogP contribution in [-0.2, 0) is 0 Å². The molecule has 0 radical (unpaired) electrons. The van der Waals surface area contributed by atoms with E-state index in [4.69, 9.17) is 0 Å². The molecule has 0 aromatic carbocycles. The highest BCUT2D eigenvalue weighted by Crippen LogP contribution is 2.04. The van der Waals surface area contributed by atoms with Crippen LogP contribution >= 0.6 is 0 Å². The Balaban J connectivity index is 3.83. The molecular weight excluding hydrogens is 212 g/mol. The van der Waals surface area contributed by atoms with Gasteiger partial charge >= 0.3 is 0 Å². The topological polar surface area (TPSA) is 0 Å². The average Bonchev–Trinajstić information content (AvgIpc) is 2.13. The zero-order chi connectivity index (χ0) is 11.7. The second kappa shape index (κ2) is 7.95. The summed E-state index contributed by atoms with van der Waals surface area (Å²) in [5.41, 5.74) is 3.43. The first-order chi connectivity index (χ1) is 6.95. The van der Waals surface area contributed by atoms with E-state index in [0.29, 0.717) is 0 Å². The van der Waals surface area contributed by atoms with Crippen LogP contribution in [0, 0.1) is 11.5 Å². The summed E-state index contributed by atoms with van der Waals surface area (Å²) in [4.78, 5) is 0. The van der Waals surface area contributed by atoms with Crippen LogP contribution in [0.15, 0.2) is 11.3 Å². The fourth-order valence-electron chi connectivity index (χ4n) is 1.23. The largest absolute Gasteiger partial charge is 0.129 e. The van der Waals surface area contributed by atoms with E-state index in [-0.39, 0.29) is 0 Å². The molecule has 0 atom stereocenters. The van der Waals surface area contributed by atoms with Gasteiger partial charge in [-0.05, 0) is 18.0 Å². The van der Waals surface area contributed by atoms with Crippen molar-refractivity contribution in [2.24, 2.45) is 0 Å². The van der Waals surface area contributed by atoms with E-state index in [0.717, 1.165) is 10.2 Å². The quantitative estimate of drug-likeness (QED) is 0.392. The molecule has 0 heterocycles. The van der Waals surface area contributed by atoms with Crippen LogP contribution in [0.2, 0.25) is 19.6 Å². The number of hydrogen-bond donors (Lipinski definition) is 0. The minimum absolute atomic E-state index is 1.11. The van der Waals surface area contributed by atoms with Gasteiger partial charge in [0.15, 0.2) is 0 Å². The molecule has 0 N–H and O–H groups in total. The molecule has 86 valence electrons. The normalized spacial score (nSPS) is 12.4. The molecule has 0 amide bonds. The molecule has 0 aliphatic carbocycles. The van der Waals surface area contributed by atoms with Crippen LogP contribution in [-0.4, -0.2) is 18.3 Å². The lowest BCUT2D eigenvalue weighted by Crippen LogP contribution is -2.16. The summed E-state index contributed by atoms with van der Waals surface area (Å²) in [5, 5.41) is 1.40. The second-order valence-corrected chi connectivity index (χ2v) is 11.1. The standard InChI is InChI=1S/C13H26Si2/c1-5-6-7-8-9-10-13(14)11-12-15(2,3)4/h10H,5-9H2,1-4,14H3. The molecule has 0 aromatic heterocycles. The van der Waals surface area contributed by atoms with E-state index < -0.39 is 8.07 Å². The molecule has 0 nitrogen and oxygen atoms in total. The Kier molecular flexibility index (Phi) is 7.81. The predicted octanol–water partition coefficient (Wildman–Crippen LogP) is 3.09. The second-order valence-electron chi connectivity index (χ2n) is 5.24. The van der Waals surface area contributed by atoms with Crippen molar-refractivity contribution in [3.63, 3.8) is 0 Å². The Bertz CT molecular complexity index is 248. The van der Waals surface area contributed by atoms with Gasteiger partial charge in [0.1, 0.15) is 8.07 Å². The van der Waals surface area contributed by atoms with E-state index in [2.05, 4.69) is 44.1 Å². The first-order valence-electron chi connectivity index (χ1n) is 6.15. The Morgan fingerprint density at radius 3 is 2.40 bits per heavy atom. The minimum Gasteiger partial charge on any atom is -0.128 e. The molecule has 0 spiro atoms. The molecule has 0 bridgehead atoms. The fraction of sp³-hybridized carbons (Fsp3) is 0.692. The lowest BCUT2D eigenvalue weighted by molar-refractivity contribution is 0.674. The van der Waals surface area contributed by atoms with E-state index in [1.807, 2.05) is 0 Å². The van der Waals surface area contributed by atoms with E-state index >= 15 is 0 Å². The van der Waals surface area contributed by atoms with Gasteiger partial charge in [0.05, 0.1) is 0 Å². The van der Waals surface area contributed by atoms with Crippen molar-refractivity contribution in [3.8, 4) is 11.5 Å². The third kappa shape index (κ3) is 11.7. The maximum absolute atomic E-state index is 3.43. The third-order valence-corrected chi connectivity index (χ3v) is 3.68. The number of unbranched alkanes of at least 4 members (excludes halogenated alkanes) is 4. The molecule has 0 aliphatic heterocycles. The van der Waals surface area contributed by atoms with Crippen LogP contribution in [0.25, 0.3) is 0 Å². The van der Waals surface area contributed by atoms with Gasteiger partial charge in [-0.3, -0.25) is 0 Å². The summed E-state index contributed by atoms with van der Waals surface area (Å²) in [6.45, 7) is 9.16. The van der Waals surface area contributed by atoms with Gasteiger partial charge in [-0.25, -0.2) is 0 Å². The van der Waals surface area contributed by atoms with Crippen molar-refractivity contribution in [1.29, 1.82) is 0 Å². The smallest absolute Gasteiger partial charge is 0.128 e. The van der Waals surface area contributed by atoms with Crippen molar-refractivity contribution in [1.82, 2.24) is 0 Å². The van der Waals surface area contributed by atoms with Crippen molar-refractivity contribution < 1.29 is 0 Å². The monoisotopic (exact) mass is 238 g/mol. The van der Waals surface area contributed by atoms with Crippen LogP contribution in [0.3, 0.4) is 0 Å². The van der Waals surface area contributed by atoms with Crippen molar-refractivity contribution in [3.05, 3.63) is 11.3 Å². The third-order valence-electron chi connectivity index (χ3n) is 2.14. The SMILES string of the molecule is CCCCCCC=C([SiH3])C#C[Si](C)(C)C. The highest BCUT2D eigenvalue weighted by atomic mass is 28.3. The van der Waals surface area contributed by atoms with Gasteiger partial charge in [0, 0.05) is 10.2 Å². The summed E-state index contributed by atoms with van der Waals surface area (Å²) in [6.07, 6.45) is 9.02. The summed E-state index contributed by atoms with van der Waals surface area (Å²) < 4.78 is 0. The van der Waals surface area contributed by atoms with E-state index in [1.54, 1.807) is 0 Å². The predicted molar refractivity (Wildman–Crippen MR) is 77.9 cm³/mol. The molecule has 0 unspecified atom stereocenters. The van der Waals surface area contributed by atoms with Gasteiger partial charge in [0.25, 0.3) is 0 Å². The summed E-state index contributed by atoms with van der Waals surface area (Å²) in [7, 11) is -0.0484. The van der Waals surface area contributed by atoms with Crippen LogP contribution in [0.1, 0.15) is 39.0 Å². The van der Waals surface area contributed by atoms with Gasteiger partial charge in [-0.1, -0.05) is 57.8 Å². The molecule has 0 saturated carbocycles. The Labute approximate surface area is 100.0 Å². The van der Waals surface area contributed by atoms with E-state index in [1.165, 1.54) is 37.3 Å². The first-order valence-corrected chi connectivity index (χ1v) is 10.7. The molecular formula is C13H26Si2. The first kappa shape index (κ1) is 14.7. The zero-order valence-corrected chi connectivity index (χ0v) is 14.1. The van der Waals surface area contributed by atoms with Crippen molar-refractivity contribution >= 4 is 18.3 Å². The molecule has 0 fully saturated rings. The minimum atomic E-state index is -1.16. The summed E-state index contributed by atoms with van der Waals surface area (Å²) in [6, 6.07) is 0. The van der Waals surface area contributed by atoms with Crippen molar-refractivity contribution in [2.45, 2.75) is 58.7 Å². The average molecular weight is 239 g/mol. The van der Waals surface area contributed by atoms with Crippen LogP contribution < -0.4 is 0 Å². The maximum Gasteiger partial charge on any atom is 0.129 e. The van der Waals surface area contributed by atoms with Gasteiger partial charge in [-0.2, -0.15) is 0 Å². The lowest BCUT2D eigenvalue weighted by Gasteiger charge is -2.03. The van der Waals surface area contributed by atoms with Crippen molar-refractivity contribution in [2.75, 3.05) is 0 Å². The Morgan fingerprint density at radius 2 is 1.87 bits per heavy atom. The number of hydrogen-bond acceptors (Lipinski definition) is 0. The lowest BCUT2D eigenvalue weighted by atomic mass is 10.1. The maximum atomic E-state index is 3.43. The zero-order valence-electron chi connectivity index (χ0n) is 11.1. The highest BCUT2D eigenvalue weighted by molar-refractivity contribution is 6.84. The summed E-state index contributed by atoms with van der Waals surface area (Å²) in [5.74, 6) is 3.35. The fourth-order valence-corrected chi connectivity index (χ4v) is 2.46. The molecule has 2 heteroatoms. The molecule has 0 aliphatic rings. The van der Waals surface area contributed by atoms with E-state index in [9.17, 15) is 0 Å². The van der Waals surface area contributed by atoms with Gasteiger partial charge < -0.3 is 0 Å². The summed E-state index contributed by atoms with van der Waals surface area (Å²) >= 11 is 0. The molecule has 0 aromatic rings. The molecule has 15 heavy (non-hydrogen) atoms. The number of allylic oxidation sites excluding steroid dienone is 2. The Hall–Kier alpha value is -0.266. The highest BCUT2D eigenvalue weighted by Gasteiger charge is 2.06. The van der Waals surface area contributed by atoms with Crippen LogP contribution in [0.5, 0.6) is 0 Å². The number of rotatable bonds is 5. The molecule has 0 rings (SSSR count). The van der Waals surface area contributed by atoms with Gasteiger partial charge in [-0.15, -0.1) is 5.54 Å². The van der Waals surface area contributed by atoms with Gasteiger partial charge in [0.2, 0.25) is 0 Å². The van der Waals surface area contributed by atoms with Crippen LogP contribution in [0.4, 0.5) is 0 Å². The Morgan fingerprint density at radius 1 is 1.20 bits per heavy atom. The molecule has 0 saturated heterocycles.